The fourth-order valence-electron chi connectivity index (χ4n) is 2.00. The summed E-state index contributed by atoms with van der Waals surface area (Å²) in [6, 6.07) is 8.88. The summed E-state index contributed by atoms with van der Waals surface area (Å²) < 4.78 is 4.20. The van der Waals surface area contributed by atoms with Crippen molar-refractivity contribution in [3.05, 3.63) is 46.8 Å². The molecule has 0 aliphatic carbocycles. The number of carbonyl (C=O) groups is 2. The smallest absolute Gasteiger partial charge is 0.318 e. The first kappa shape index (κ1) is 15.3. The molecule has 0 aliphatic heterocycles. The van der Waals surface area contributed by atoms with E-state index < -0.39 is 23.5 Å². The van der Waals surface area contributed by atoms with Gasteiger partial charge in [0.2, 0.25) is 0 Å². The van der Waals surface area contributed by atoms with E-state index in [2.05, 4.69) is 15.1 Å². The van der Waals surface area contributed by atoms with E-state index in [1.165, 1.54) is 0 Å². The normalized spacial score (nSPS) is 11.8. The predicted octanol–water partition coefficient (Wildman–Crippen LogP) is -0.121. The van der Waals surface area contributed by atoms with Crippen molar-refractivity contribution in [2.24, 2.45) is 0 Å². The molecule has 1 atom stereocenters. The van der Waals surface area contributed by atoms with Crippen LogP contribution in [0.25, 0.3) is 0 Å². The molecule has 0 fully saturated rings. The van der Waals surface area contributed by atoms with E-state index in [0.29, 0.717) is 0 Å². The van der Waals surface area contributed by atoms with Crippen LogP contribution in [-0.2, 0) is 4.79 Å². The number of anilines is 1. The van der Waals surface area contributed by atoms with Crippen LogP contribution in [0.3, 0.4) is 0 Å². The summed E-state index contributed by atoms with van der Waals surface area (Å²) >= 11 is 0. The quantitative estimate of drug-likeness (QED) is 0.630. The first-order chi connectivity index (χ1) is 10.5. The molecule has 2 rings (SSSR count). The lowest BCUT2D eigenvalue weighted by molar-refractivity contribution is -0.803. The third kappa shape index (κ3) is 3.51. The highest BCUT2D eigenvalue weighted by molar-refractivity contribution is 5.94. The highest BCUT2D eigenvalue weighted by Crippen LogP contribution is 2.18. The number of aromatic nitrogens is 2. The molecule has 4 N–H and O–H groups in total. The number of carboxylic acid groups (broad SMARTS) is 1. The number of amides is 1. The first-order valence-corrected chi connectivity index (χ1v) is 6.39. The third-order valence-electron chi connectivity index (χ3n) is 3.05. The summed E-state index contributed by atoms with van der Waals surface area (Å²) in [5, 5.41) is 25.8. The summed E-state index contributed by atoms with van der Waals surface area (Å²) in [6.07, 6.45) is -0.166. The molecule has 0 aliphatic rings. The maximum atomic E-state index is 11.9. The molecule has 0 saturated carbocycles. The van der Waals surface area contributed by atoms with Crippen molar-refractivity contribution in [2.75, 3.05) is 12.3 Å². The Bertz CT molecular complexity index is 651. The van der Waals surface area contributed by atoms with Gasteiger partial charge in [-0.1, -0.05) is 30.3 Å². The molecule has 2 aromatic rings. The average molecular weight is 306 g/mol. The Kier molecular flexibility index (Phi) is 4.57. The number of nitrogens with zero attached hydrogens (tertiary/aromatic N) is 2. The number of benzene rings is 1. The number of nitrogens with one attached hydrogen (secondary N) is 1. The van der Waals surface area contributed by atoms with Crippen LogP contribution in [0.5, 0.6) is 0 Å². The van der Waals surface area contributed by atoms with E-state index in [4.69, 9.17) is 10.8 Å². The van der Waals surface area contributed by atoms with Gasteiger partial charge in [0, 0.05) is 12.5 Å². The maximum Gasteiger partial charge on any atom is 0.318 e. The second-order valence-corrected chi connectivity index (χ2v) is 4.58. The highest BCUT2D eigenvalue weighted by atomic mass is 16.8. The van der Waals surface area contributed by atoms with Crippen LogP contribution in [-0.4, -0.2) is 28.7 Å². The molecule has 1 aromatic carbocycles. The molecule has 9 heteroatoms. The lowest BCUT2D eigenvalue weighted by Gasteiger charge is -2.15. The van der Waals surface area contributed by atoms with Crippen molar-refractivity contribution in [3.63, 3.8) is 0 Å². The van der Waals surface area contributed by atoms with E-state index >= 15 is 0 Å². The number of carbonyl (C=O) groups excluding carboxylic acids is 1. The molecule has 0 radical (unpaired) electrons. The van der Waals surface area contributed by atoms with Crippen molar-refractivity contribution in [2.45, 2.75) is 12.3 Å². The second kappa shape index (κ2) is 6.57. The molecule has 0 saturated heterocycles. The van der Waals surface area contributed by atoms with Crippen molar-refractivity contribution in [3.8, 4) is 0 Å². The van der Waals surface area contributed by atoms with Gasteiger partial charge in [0.1, 0.15) is 0 Å². The molecule has 116 valence electrons. The lowest BCUT2D eigenvalue weighted by Crippen LogP contribution is -2.39. The van der Waals surface area contributed by atoms with Crippen LogP contribution in [0.1, 0.15) is 28.4 Å². The molecule has 9 nitrogen and oxygen atoms in total. The summed E-state index contributed by atoms with van der Waals surface area (Å²) in [7, 11) is 0. The van der Waals surface area contributed by atoms with Gasteiger partial charge in [-0.2, -0.15) is 0 Å². The number of aliphatic carboxylic acids is 1. The zero-order valence-corrected chi connectivity index (χ0v) is 11.4. The van der Waals surface area contributed by atoms with Crippen LogP contribution in [0, 0.1) is 5.21 Å². The van der Waals surface area contributed by atoms with Gasteiger partial charge in [0.25, 0.3) is 0 Å². The van der Waals surface area contributed by atoms with Gasteiger partial charge in [-0.3, -0.25) is 14.2 Å². The minimum Gasteiger partial charge on any atom is -0.481 e. The van der Waals surface area contributed by atoms with Gasteiger partial charge in [0.15, 0.2) is 0 Å². The largest absolute Gasteiger partial charge is 0.481 e. The molecule has 22 heavy (non-hydrogen) atoms. The Hall–Kier alpha value is -3.10. The topological polar surface area (TPSA) is 145 Å². The third-order valence-corrected chi connectivity index (χ3v) is 3.05. The Morgan fingerprint density at radius 2 is 2.09 bits per heavy atom. The second-order valence-electron chi connectivity index (χ2n) is 4.58. The SMILES string of the molecule is Nc1no[n+]([O-])c1C(=O)NCC(CC(=O)O)c1ccccc1. The van der Waals surface area contributed by atoms with E-state index in [-0.39, 0.29) is 23.7 Å². The van der Waals surface area contributed by atoms with Crippen molar-refractivity contribution >= 4 is 17.7 Å². The van der Waals surface area contributed by atoms with E-state index in [1.54, 1.807) is 30.3 Å². The van der Waals surface area contributed by atoms with Crippen LogP contribution in [0.15, 0.2) is 35.0 Å². The number of nitrogens with two attached hydrogens (primary N) is 1. The van der Waals surface area contributed by atoms with Gasteiger partial charge < -0.3 is 21.4 Å². The zero-order valence-electron chi connectivity index (χ0n) is 11.4. The number of carboxylic acids is 1. The van der Waals surface area contributed by atoms with Gasteiger partial charge in [-0.15, -0.1) is 0 Å². The molecule has 1 heterocycles. The minimum atomic E-state index is -0.994. The predicted molar refractivity (Wildman–Crippen MR) is 73.6 cm³/mol. The Morgan fingerprint density at radius 3 is 2.64 bits per heavy atom. The van der Waals surface area contributed by atoms with Crippen LogP contribution >= 0.6 is 0 Å². The molecule has 1 aromatic heterocycles. The van der Waals surface area contributed by atoms with Gasteiger partial charge in [-0.25, -0.2) is 0 Å². The highest BCUT2D eigenvalue weighted by Gasteiger charge is 2.25. The van der Waals surface area contributed by atoms with E-state index in [0.717, 1.165) is 5.56 Å². The zero-order chi connectivity index (χ0) is 16.1. The van der Waals surface area contributed by atoms with Gasteiger partial charge >= 0.3 is 23.4 Å². The number of nitrogen functional groups attached to an aromatic ring is 1. The van der Waals surface area contributed by atoms with Gasteiger partial charge in [0.05, 0.1) is 11.6 Å². The maximum absolute atomic E-state index is 11.9. The standard InChI is InChI=1S/C13H14N4O5/c14-12-11(17(21)22-16-12)13(20)15-7-9(6-10(18)19)8-4-2-1-3-5-8/h1-5,9H,6-7H2,(H2,14,16)(H,15,20)(H,18,19). The number of hydrogen-bond acceptors (Lipinski definition) is 6. The molecule has 0 spiro atoms. The van der Waals surface area contributed by atoms with Crippen molar-refractivity contribution in [1.29, 1.82) is 0 Å². The molecule has 1 amide bonds. The summed E-state index contributed by atoms with van der Waals surface area (Å²) in [5.41, 5.74) is 5.67. The summed E-state index contributed by atoms with van der Waals surface area (Å²) in [5.74, 6) is -2.54. The summed E-state index contributed by atoms with van der Waals surface area (Å²) in [6.45, 7) is 0.0275. The van der Waals surface area contributed by atoms with Crippen molar-refractivity contribution < 1.29 is 24.2 Å². The lowest BCUT2D eigenvalue weighted by atomic mass is 9.95. The number of rotatable bonds is 6. The Labute approximate surface area is 124 Å². The molecule has 1 unspecified atom stereocenters. The fraction of sp³-hybridized carbons (Fsp3) is 0.231. The Morgan fingerprint density at radius 1 is 1.41 bits per heavy atom. The van der Waals surface area contributed by atoms with E-state index in [9.17, 15) is 14.8 Å². The van der Waals surface area contributed by atoms with Crippen LogP contribution in [0.4, 0.5) is 5.82 Å². The van der Waals surface area contributed by atoms with Gasteiger partial charge in [-0.05, 0) is 10.5 Å². The number of hydrogen-bond donors (Lipinski definition) is 3. The average Bonchev–Trinajstić information content (AvgIpc) is 2.83. The molecular formula is C13H14N4O5. The van der Waals surface area contributed by atoms with Crippen LogP contribution < -0.4 is 16.0 Å². The molecule has 0 bridgehead atoms. The molecular weight excluding hydrogens is 292 g/mol. The first-order valence-electron chi connectivity index (χ1n) is 6.39. The van der Waals surface area contributed by atoms with E-state index in [1.807, 2.05) is 0 Å². The van der Waals surface area contributed by atoms with Crippen LogP contribution in [0.2, 0.25) is 0 Å². The van der Waals surface area contributed by atoms with Crippen molar-refractivity contribution in [1.82, 2.24) is 10.5 Å². The summed E-state index contributed by atoms with van der Waals surface area (Å²) in [4.78, 5) is 22.8. The Balaban J connectivity index is 2.09. The monoisotopic (exact) mass is 306 g/mol. The minimum absolute atomic E-state index is 0.0275. The fourth-order valence-corrected chi connectivity index (χ4v) is 2.00.